The Bertz CT molecular complexity index is 926. The zero-order valence-corrected chi connectivity index (χ0v) is 23.6. The van der Waals surface area contributed by atoms with Crippen LogP contribution in [-0.4, -0.2) is 123 Å². The van der Waals surface area contributed by atoms with Crippen molar-refractivity contribution in [3.63, 3.8) is 0 Å². The summed E-state index contributed by atoms with van der Waals surface area (Å²) < 4.78 is 33.2. The van der Waals surface area contributed by atoms with Crippen LogP contribution >= 0.6 is 0 Å². The van der Waals surface area contributed by atoms with E-state index in [0.29, 0.717) is 79.2 Å². The van der Waals surface area contributed by atoms with Gasteiger partial charge in [0.15, 0.2) is 0 Å². The highest BCUT2D eigenvalue weighted by molar-refractivity contribution is 5.79. The second-order valence-corrected chi connectivity index (χ2v) is 9.59. The van der Waals surface area contributed by atoms with E-state index in [2.05, 4.69) is 29.2 Å². The predicted octanol–water partition coefficient (Wildman–Crippen LogP) is 3.51. The van der Waals surface area contributed by atoms with Crippen LogP contribution in [0.3, 0.4) is 0 Å². The smallest absolute Gasteiger partial charge is 0.409 e. The third kappa shape index (κ3) is 10.9. The molecule has 0 unspecified atom stereocenters. The second kappa shape index (κ2) is 17.9. The van der Waals surface area contributed by atoms with Gasteiger partial charge in [0.25, 0.3) is 0 Å². The van der Waals surface area contributed by atoms with Crippen LogP contribution in [0, 0.1) is 0 Å². The molecule has 3 rings (SSSR count). The predicted molar refractivity (Wildman–Crippen MR) is 150 cm³/mol. The van der Waals surface area contributed by atoms with Crippen molar-refractivity contribution in [2.24, 2.45) is 0 Å². The molecule has 0 saturated heterocycles. The number of rotatable bonds is 20. The van der Waals surface area contributed by atoms with E-state index in [1.807, 2.05) is 38.4 Å². The van der Waals surface area contributed by atoms with Gasteiger partial charge < -0.3 is 38.2 Å². The Morgan fingerprint density at radius 2 is 1.03 bits per heavy atom. The second-order valence-electron chi connectivity index (χ2n) is 9.59. The van der Waals surface area contributed by atoms with Gasteiger partial charge in [-0.3, -0.25) is 0 Å². The van der Waals surface area contributed by atoms with Crippen LogP contribution in [0.2, 0.25) is 0 Å². The molecule has 0 spiro atoms. The Kier molecular flexibility index (Phi) is 14.3. The molecule has 0 aromatic heterocycles. The summed E-state index contributed by atoms with van der Waals surface area (Å²) in [6, 6.07) is 16.6. The van der Waals surface area contributed by atoms with E-state index in [-0.39, 0.29) is 12.0 Å². The number of likely N-dealkylation sites (N-methyl/N-ethyl adjacent to an activating group) is 2. The maximum absolute atomic E-state index is 12.5. The molecule has 39 heavy (non-hydrogen) atoms. The molecule has 9 nitrogen and oxygen atoms in total. The fourth-order valence-electron chi connectivity index (χ4n) is 4.23. The molecule has 0 bridgehead atoms. The van der Waals surface area contributed by atoms with Crippen LogP contribution in [0.4, 0.5) is 4.79 Å². The molecule has 216 valence electrons. The minimum absolute atomic E-state index is 0.0531. The summed E-state index contributed by atoms with van der Waals surface area (Å²) >= 11 is 0. The summed E-state index contributed by atoms with van der Waals surface area (Å²) in [4.78, 5) is 16.2. The number of fused-ring (bicyclic) bond motifs is 3. The van der Waals surface area contributed by atoms with Gasteiger partial charge in [0.2, 0.25) is 0 Å². The lowest BCUT2D eigenvalue weighted by atomic mass is 9.98. The standard InChI is InChI=1S/C30H44N2O7/c1-31(2)12-14-34-16-18-36-20-22-38-23-21-37-19-17-35-15-13-32(3)30(33)39-24-29-27-10-6-4-8-25(27)26-9-5-7-11-28(26)29/h4-11,29H,12-24H2,1-3H3. The van der Waals surface area contributed by atoms with E-state index >= 15 is 0 Å². The molecule has 0 fully saturated rings. The van der Waals surface area contributed by atoms with Gasteiger partial charge in [-0.2, -0.15) is 0 Å². The minimum Gasteiger partial charge on any atom is -0.448 e. The van der Waals surface area contributed by atoms with Crippen LogP contribution < -0.4 is 0 Å². The van der Waals surface area contributed by atoms with Crippen LogP contribution in [-0.2, 0) is 28.4 Å². The fourth-order valence-corrected chi connectivity index (χ4v) is 4.23. The number of ether oxygens (including phenoxy) is 6. The zero-order chi connectivity index (χ0) is 27.7. The first-order valence-corrected chi connectivity index (χ1v) is 13.7. The topological polar surface area (TPSA) is 78.9 Å². The molecule has 0 aliphatic heterocycles. The number of amides is 1. The lowest BCUT2D eigenvalue weighted by Crippen LogP contribution is -2.32. The maximum atomic E-state index is 12.5. The van der Waals surface area contributed by atoms with Crippen molar-refractivity contribution in [1.29, 1.82) is 0 Å². The summed E-state index contributed by atoms with van der Waals surface area (Å²) in [7, 11) is 5.76. The van der Waals surface area contributed by atoms with E-state index in [4.69, 9.17) is 28.4 Å². The molecule has 1 aliphatic carbocycles. The maximum Gasteiger partial charge on any atom is 0.409 e. The quantitative estimate of drug-likeness (QED) is 0.235. The van der Waals surface area contributed by atoms with Crippen molar-refractivity contribution >= 4 is 6.09 Å². The third-order valence-corrected chi connectivity index (χ3v) is 6.39. The molecular weight excluding hydrogens is 500 g/mol. The van der Waals surface area contributed by atoms with Crippen LogP contribution in [0.25, 0.3) is 11.1 Å². The molecule has 1 aliphatic rings. The molecule has 0 N–H and O–H groups in total. The molecule has 0 radical (unpaired) electrons. The van der Waals surface area contributed by atoms with E-state index in [1.165, 1.54) is 22.3 Å². The lowest BCUT2D eigenvalue weighted by molar-refractivity contribution is -0.0125. The van der Waals surface area contributed by atoms with Gasteiger partial charge in [-0.15, -0.1) is 0 Å². The van der Waals surface area contributed by atoms with E-state index in [9.17, 15) is 4.79 Å². The van der Waals surface area contributed by atoms with Gasteiger partial charge in [-0.1, -0.05) is 48.5 Å². The highest BCUT2D eigenvalue weighted by Gasteiger charge is 2.29. The van der Waals surface area contributed by atoms with Gasteiger partial charge in [-0.25, -0.2) is 4.79 Å². The summed E-state index contributed by atoms with van der Waals surface area (Å²) in [5.41, 5.74) is 4.83. The number of hydrogen-bond acceptors (Lipinski definition) is 8. The van der Waals surface area contributed by atoms with Crippen molar-refractivity contribution in [3.8, 4) is 11.1 Å². The highest BCUT2D eigenvalue weighted by atomic mass is 16.6. The van der Waals surface area contributed by atoms with Gasteiger partial charge in [0.05, 0.1) is 66.1 Å². The Morgan fingerprint density at radius 3 is 1.49 bits per heavy atom. The molecule has 0 saturated carbocycles. The molecule has 0 heterocycles. The first-order valence-electron chi connectivity index (χ1n) is 13.7. The SMILES string of the molecule is CN(C)CCOCCOCCOCCOCCOCCN(C)C(=O)OCC1c2ccccc2-c2ccccc21. The number of nitrogens with zero attached hydrogens (tertiary/aromatic N) is 2. The van der Waals surface area contributed by atoms with Crippen molar-refractivity contribution in [2.45, 2.75) is 5.92 Å². The van der Waals surface area contributed by atoms with E-state index < -0.39 is 0 Å². The molecule has 2 aromatic rings. The Hall–Kier alpha value is -2.53. The van der Waals surface area contributed by atoms with Crippen molar-refractivity contribution in [1.82, 2.24) is 9.80 Å². The summed E-state index contributed by atoms with van der Waals surface area (Å²) in [6.07, 6.45) is -0.352. The van der Waals surface area contributed by atoms with Gasteiger partial charge >= 0.3 is 6.09 Å². The van der Waals surface area contributed by atoms with Crippen molar-refractivity contribution < 1.29 is 33.2 Å². The van der Waals surface area contributed by atoms with Crippen LogP contribution in [0.1, 0.15) is 17.0 Å². The zero-order valence-electron chi connectivity index (χ0n) is 23.6. The molecule has 0 atom stereocenters. The summed E-state index contributed by atoms with van der Waals surface area (Å²) in [6.45, 7) is 6.95. The molecular formula is C30H44N2O7. The van der Waals surface area contributed by atoms with Crippen molar-refractivity contribution in [3.05, 3.63) is 59.7 Å². The molecule has 1 amide bonds. The van der Waals surface area contributed by atoms with E-state index in [1.54, 1.807) is 11.9 Å². The number of benzene rings is 2. The lowest BCUT2D eigenvalue weighted by Gasteiger charge is -2.19. The largest absolute Gasteiger partial charge is 0.448 e. The van der Waals surface area contributed by atoms with Gasteiger partial charge in [0.1, 0.15) is 6.61 Å². The van der Waals surface area contributed by atoms with Gasteiger partial charge in [0, 0.05) is 26.1 Å². The van der Waals surface area contributed by atoms with Crippen molar-refractivity contribution in [2.75, 3.05) is 107 Å². The van der Waals surface area contributed by atoms with Gasteiger partial charge in [-0.05, 0) is 36.3 Å². The average molecular weight is 545 g/mol. The minimum atomic E-state index is -0.352. The summed E-state index contributed by atoms with van der Waals surface area (Å²) in [5, 5.41) is 0. The Balaban J connectivity index is 1.14. The van der Waals surface area contributed by atoms with Crippen LogP contribution in [0.15, 0.2) is 48.5 Å². The number of carbonyl (C=O) groups is 1. The van der Waals surface area contributed by atoms with Crippen LogP contribution in [0.5, 0.6) is 0 Å². The first kappa shape index (κ1) is 31.0. The molecule has 9 heteroatoms. The number of carbonyl (C=O) groups excluding carboxylic acids is 1. The fraction of sp³-hybridized carbons (Fsp3) is 0.567. The monoisotopic (exact) mass is 544 g/mol. The normalized spacial score (nSPS) is 12.5. The molecule has 2 aromatic carbocycles. The summed E-state index contributed by atoms with van der Waals surface area (Å²) in [5.74, 6) is 0.0531. The third-order valence-electron chi connectivity index (χ3n) is 6.39. The number of hydrogen-bond donors (Lipinski definition) is 0. The average Bonchev–Trinajstić information content (AvgIpc) is 3.26. The highest BCUT2D eigenvalue weighted by Crippen LogP contribution is 2.44. The Morgan fingerprint density at radius 1 is 0.615 bits per heavy atom. The Labute approximate surface area is 232 Å². The first-order chi connectivity index (χ1) is 19.1. The van der Waals surface area contributed by atoms with E-state index in [0.717, 1.165) is 6.54 Å².